The Labute approximate surface area is 123 Å². The topological polar surface area (TPSA) is 54.3 Å². The van der Waals surface area contributed by atoms with Crippen LogP contribution < -0.4 is 10.6 Å². The van der Waals surface area contributed by atoms with Gasteiger partial charge in [-0.3, -0.25) is 4.79 Å². The molecular weight excluding hydrogens is 272 g/mol. The third kappa shape index (κ3) is 3.45. The predicted molar refractivity (Wildman–Crippen MR) is 82.7 cm³/mol. The van der Waals surface area contributed by atoms with Gasteiger partial charge in [-0.2, -0.15) is 0 Å². The molecule has 2 rings (SSSR count). The van der Waals surface area contributed by atoms with Crippen LogP contribution in [-0.4, -0.2) is 10.9 Å². The fraction of sp³-hybridized carbons (Fsp3) is 0.200. The molecule has 20 heavy (non-hydrogen) atoms. The van der Waals surface area contributed by atoms with E-state index in [4.69, 9.17) is 16.6 Å². The number of anilines is 1. The number of rotatable bonds is 3. The van der Waals surface area contributed by atoms with Crippen molar-refractivity contribution >= 4 is 28.8 Å². The number of benzene rings is 1. The number of hydrogen-bond donors (Lipinski definition) is 2. The SMILES string of the molecule is Cc1cccc(C)c1NC(=O)C(=S)NCc1ccco1. The number of hydrogen-bond acceptors (Lipinski definition) is 3. The summed E-state index contributed by atoms with van der Waals surface area (Å²) < 4.78 is 5.17. The lowest BCUT2D eigenvalue weighted by molar-refractivity contribution is -0.110. The number of thiocarbonyl (C=S) groups is 1. The smallest absolute Gasteiger partial charge is 0.283 e. The van der Waals surface area contributed by atoms with Gasteiger partial charge in [0.1, 0.15) is 5.76 Å². The molecule has 0 bridgehead atoms. The first kappa shape index (κ1) is 14.3. The number of carbonyl (C=O) groups is 1. The number of carbonyl (C=O) groups excluding carboxylic acids is 1. The van der Waals surface area contributed by atoms with Crippen molar-refractivity contribution in [1.29, 1.82) is 0 Å². The first-order valence-electron chi connectivity index (χ1n) is 6.25. The Morgan fingerprint density at radius 3 is 2.50 bits per heavy atom. The molecule has 4 nitrogen and oxygen atoms in total. The van der Waals surface area contributed by atoms with Crippen molar-refractivity contribution in [3.05, 3.63) is 53.5 Å². The zero-order valence-corrected chi connectivity index (χ0v) is 12.2. The van der Waals surface area contributed by atoms with Gasteiger partial charge in [-0.15, -0.1) is 0 Å². The van der Waals surface area contributed by atoms with Crippen molar-refractivity contribution in [1.82, 2.24) is 5.32 Å². The molecule has 0 radical (unpaired) electrons. The molecule has 0 aliphatic heterocycles. The van der Waals surface area contributed by atoms with E-state index in [2.05, 4.69) is 10.6 Å². The Bertz CT molecular complexity index is 601. The molecule has 0 unspecified atom stereocenters. The number of furan rings is 1. The van der Waals surface area contributed by atoms with Crippen molar-refractivity contribution in [2.75, 3.05) is 5.32 Å². The molecule has 1 heterocycles. The van der Waals surface area contributed by atoms with Gasteiger partial charge in [-0.25, -0.2) is 0 Å². The first-order valence-corrected chi connectivity index (χ1v) is 6.66. The zero-order chi connectivity index (χ0) is 14.5. The summed E-state index contributed by atoms with van der Waals surface area (Å²) in [6.07, 6.45) is 1.58. The van der Waals surface area contributed by atoms with E-state index in [1.807, 2.05) is 38.1 Å². The molecule has 0 spiro atoms. The van der Waals surface area contributed by atoms with Gasteiger partial charge in [0.25, 0.3) is 5.91 Å². The van der Waals surface area contributed by atoms with Gasteiger partial charge in [0.05, 0.1) is 12.8 Å². The van der Waals surface area contributed by atoms with Crippen molar-refractivity contribution < 1.29 is 9.21 Å². The normalized spacial score (nSPS) is 10.1. The van der Waals surface area contributed by atoms with Crippen LogP contribution in [0.15, 0.2) is 41.0 Å². The van der Waals surface area contributed by atoms with Gasteiger partial charge in [0, 0.05) is 5.69 Å². The second-order valence-corrected chi connectivity index (χ2v) is 4.89. The van der Waals surface area contributed by atoms with Crippen molar-refractivity contribution in [3.8, 4) is 0 Å². The molecular formula is C15H16N2O2S. The van der Waals surface area contributed by atoms with Gasteiger partial charge in [0.2, 0.25) is 0 Å². The molecule has 5 heteroatoms. The van der Waals surface area contributed by atoms with Crippen LogP contribution in [0.2, 0.25) is 0 Å². The molecule has 0 aliphatic rings. The zero-order valence-electron chi connectivity index (χ0n) is 11.4. The lowest BCUT2D eigenvalue weighted by Gasteiger charge is -2.12. The van der Waals surface area contributed by atoms with Crippen LogP contribution in [0.4, 0.5) is 5.69 Å². The van der Waals surface area contributed by atoms with Crippen LogP contribution in [0.1, 0.15) is 16.9 Å². The average Bonchev–Trinajstić information content (AvgIpc) is 2.93. The second kappa shape index (κ2) is 6.34. The van der Waals surface area contributed by atoms with Crippen LogP contribution in [-0.2, 0) is 11.3 Å². The van der Waals surface area contributed by atoms with Crippen molar-refractivity contribution in [2.45, 2.75) is 20.4 Å². The average molecular weight is 288 g/mol. The molecule has 0 saturated heterocycles. The Hall–Kier alpha value is -2.14. The van der Waals surface area contributed by atoms with Gasteiger partial charge in [-0.05, 0) is 37.1 Å². The number of para-hydroxylation sites is 1. The molecule has 0 aliphatic carbocycles. The third-order valence-electron chi connectivity index (χ3n) is 2.93. The molecule has 0 atom stereocenters. The number of amides is 1. The lowest BCUT2D eigenvalue weighted by Crippen LogP contribution is -2.33. The largest absolute Gasteiger partial charge is 0.467 e. The van der Waals surface area contributed by atoms with Gasteiger partial charge in [0.15, 0.2) is 4.99 Å². The van der Waals surface area contributed by atoms with E-state index in [1.165, 1.54) is 0 Å². The molecule has 2 N–H and O–H groups in total. The molecule has 104 valence electrons. The highest BCUT2D eigenvalue weighted by molar-refractivity contribution is 7.82. The lowest BCUT2D eigenvalue weighted by atomic mass is 10.1. The Kier molecular flexibility index (Phi) is 4.53. The van der Waals surface area contributed by atoms with E-state index in [1.54, 1.807) is 12.3 Å². The molecule has 1 aromatic carbocycles. The molecule has 0 saturated carbocycles. The summed E-state index contributed by atoms with van der Waals surface area (Å²) in [5.41, 5.74) is 2.82. The maximum absolute atomic E-state index is 12.0. The van der Waals surface area contributed by atoms with Gasteiger partial charge < -0.3 is 15.1 Å². The van der Waals surface area contributed by atoms with E-state index in [0.29, 0.717) is 6.54 Å². The monoisotopic (exact) mass is 288 g/mol. The minimum Gasteiger partial charge on any atom is -0.467 e. The van der Waals surface area contributed by atoms with Crippen LogP contribution in [0, 0.1) is 13.8 Å². The van der Waals surface area contributed by atoms with E-state index in [-0.39, 0.29) is 10.9 Å². The van der Waals surface area contributed by atoms with E-state index >= 15 is 0 Å². The van der Waals surface area contributed by atoms with Crippen LogP contribution in [0.25, 0.3) is 0 Å². The summed E-state index contributed by atoms with van der Waals surface area (Å²) in [4.78, 5) is 12.2. The maximum atomic E-state index is 12.0. The minimum absolute atomic E-state index is 0.143. The molecule has 1 amide bonds. The quantitative estimate of drug-likeness (QED) is 0.853. The fourth-order valence-electron chi connectivity index (χ4n) is 1.84. The Morgan fingerprint density at radius 2 is 1.90 bits per heavy atom. The summed E-state index contributed by atoms with van der Waals surface area (Å²) in [6.45, 7) is 4.29. The van der Waals surface area contributed by atoms with E-state index < -0.39 is 0 Å². The van der Waals surface area contributed by atoms with Gasteiger partial charge in [-0.1, -0.05) is 30.4 Å². The Morgan fingerprint density at radius 1 is 1.20 bits per heavy atom. The van der Waals surface area contributed by atoms with Crippen LogP contribution in [0.3, 0.4) is 0 Å². The summed E-state index contributed by atoms with van der Waals surface area (Å²) in [7, 11) is 0. The van der Waals surface area contributed by atoms with Gasteiger partial charge >= 0.3 is 0 Å². The second-order valence-electron chi connectivity index (χ2n) is 4.48. The highest BCUT2D eigenvalue weighted by Gasteiger charge is 2.12. The highest BCUT2D eigenvalue weighted by atomic mass is 32.1. The molecule has 0 fully saturated rings. The summed E-state index contributed by atoms with van der Waals surface area (Å²) in [6, 6.07) is 9.45. The summed E-state index contributed by atoms with van der Waals surface area (Å²) in [5, 5.41) is 5.70. The molecule has 1 aromatic heterocycles. The van der Waals surface area contributed by atoms with Crippen LogP contribution in [0.5, 0.6) is 0 Å². The van der Waals surface area contributed by atoms with Crippen LogP contribution >= 0.6 is 12.2 Å². The molecule has 2 aromatic rings. The minimum atomic E-state index is -0.316. The summed E-state index contributed by atoms with van der Waals surface area (Å²) in [5.74, 6) is 0.413. The van der Waals surface area contributed by atoms with Crippen molar-refractivity contribution in [3.63, 3.8) is 0 Å². The van der Waals surface area contributed by atoms with E-state index in [9.17, 15) is 4.79 Å². The fourth-order valence-corrected chi connectivity index (χ4v) is 1.97. The Balaban J connectivity index is 1.96. The number of nitrogens with one attached hydrogen (secondary N) is 2. The van der Waals surface area contributed by atoms with E-state index in [0.717, 1.165) is 22.6 Å². The predicted octanol–water partition coefficient (Wildman–Crippen LogP) is 2.95. The first-order chi connectivity index (χ1) is 9.58. The van der Waals surface area contributed by atoms with Crippen molar-refractivity contribution in [2.24, 2.45) is 0 Å². The third-order valence-corrected chi connectivity index (χ3v) is 3.26. The summed E-state index contributed by atoms with van der Waals surface area (Å²) >= 11 is 5.07. The maximum Gasteiger partial charge on any atom is 0.283 e. The highest BCUT2D eigenvalue weighted by Crippen LogP contribution is 2.19. The number of aryl methyl sites for hydroxylation is 2. The standard InChI is InChI=1S/C15H16N2O2S/c1-10-5-3-6-11(2)13(10)17-14(18)15(20)16-9-12-7-4-8-19-12/h3-8H,9H2,1-2H3,(H,16,20)(H,17,18).